The standard InChI is InChI=1S/C33H52N2O6/c1-3-4-7-15-31(16-8-9-17-31)40-30(39)33-29(38)26-11-6-5-10-25(26)28(37)32(33,41-33)20-24(21-36)22(2)12-13-23-14-18-35-27(34)19-23/h23,25-27,35-36H,3-21,34H2,1-2H3/t23?,25?,26?,27?,32-,33-/m0/s1. The second-order valence-corrected chi connectivity index (χ2v) is 13.8. The first-order valence-electron chi connectivity index (χ1n) is 16.5. The summed E-state index contributed by atoms with van der Waals surface area (Å²) in [6, 6.07) is 0. The molecule has 4 N–H and O–H groups in total. The summed E-state index contributed by atoms with van der Waals surface area (Å²) in [5.74, 6) is -1.44. The van der Waals surface area contributed by atoms with Crippen LogP contribution in [0.15, 0.2) is 11.1 Å². The first-order valence-corrected chi connectivity index (χ1v) is 16.5. The quantitative estimate of drug-likeness (QED) is 0.101. The Morgan fingerprint density at radius 3 is 2.44 bits per heavy atom. The van der Waals surface area contributed by atoms with E-state index in [1.807, 2.05) is 6.92 Å². The number of nitrogens with one attached hydrogen (secondary N) is 1. The number of rotatable bonds is 12. The molecule has 0 aromatic heterocycles. The number of hydrogen-bond acceptors (Lipinski definition) is 8. The molecule has 2 saturated heterocycles. The largest absolute Gasteiger partial charge is 0.457 e. The van der Waals surface area contributed by atoms with Crippen molar-refractivity contribution in [3.63, 3.8) is 0 Å². The van der Waals surface area contributed by atoms with Gasteiger partial charge in [-0.15, -0.1) is 0 Å². The number of Topliss-reactive ketones (excluding diaryl/α,β-unsaturated/α-hetero) is 2. The molecule has 8 nitrogen and oxygen atoms in total. The van der Waals surface area contributed by atoms with E-state index in [2.05, 4.69) is 12.2 Å². The van der Waals surface area contributed by atoms with E-state index >= 15 is 0 Å². The summed E-state index contributed by atoms with van der Waals surface area (Å²) in [4.78, 5) is 42.6. The lowest BCUT2D eigenvalue weighted by atomic mass is 9.60. The van der Waals surface area contributed by atoms with Crippen LogP contribution in [0.5, 0.6) is 0 Å². The maximum atomic E-state index is 14.2. The first-order chi connectivity index (χ1) is 19.7. The highest BCUT2D eigenvalue weighted by atomic mass is 16.7. The first kappa shape index (κ1) is 30.8. The van der Waals surface area contributed by atoms with E-state index in [1.165, 1.54) is 0 Å². The molecule has 0 radical (unpaired) electrons. The van der Waals surface area contributed by atoms with Gasteiger partial charge in [-0.05, 0) is 102 Å². The van der Waals surface area contributed by atoms with Gasteiger partial charge in [0.25, 0.3) is 5.60 Å². The summed E-state index contributed by atoms with van der Waals surface area (Å²) < 4.78 is 12.6. The van der Waals surface area contributed by atoms with Gasteiger partial charge in [-0.1, -0.05) is 38.2 Å². The number of unbranched alkanes of at least 4 members (excludes halogenated alkanes) is 2. The lowest BCUT2D eigenvalue weighted by Crippen LogP contribution is -2.59. The summed E-state index contributed by atoms with van der Waals surface area (Å²) in [7, 11) is 0. The number of ketones is 2. The molecule has 5 aliphatic rings. The summed E-state index contributed by atoms with van der Waals surface area (Å²) in [5, 5.41) is 13.8. The average Bonchev–Trinajstić information content (AvgIpc) is 3.48. The molecule has 0 spiro atoms. The van der Waals surface area contributed by atoms with Crippen LogP contribution in [0.3, 0.4) is 0 Å². The van der Waals surface area contributed by atoms with Crippen LogP contribution in [0.4, 0.5) is 0 Å². The highest BCUT2D eigenvalue weighted by Gasteiger charge is 2.87. The zero-order valence-electron chi connectivity index (χ0n) is 25.3. The number of esters is 1. The smallest absolute Gasteiger partial charge is 0.350 e. The van der Waals surface area contributed by atoms with Gasteiger partial charge in [-0.2, -0.15) is 0 Å². The molecule has 5 rings (SSSR count). The minimum atomic E-state index is -1.87. The molecule has 0 bridgehead atoms. The molecule has 3 saturated carbocycles. The van der Waals surface area contributed by atoms with Gasteiger partial charge in [0.2, 0.25) is 0 Å². The molecular weight excluding hydrogens is 520 g/mol. The van der Waals surface area contributed by atoms with Gasteiger partial charge in [-0.25, -0.2) is 4.79 Å². The van der Waals surface area contributed by atoms with Crippen molar-refractivity contribution in [1.82, 2.24) is 5.32 Å². The highest BCUT2D eigenvalue weighted by Crippen LogP contribution is 2.62. The van der Waals surface area contributed by atoms with E-state index < -0.39 is 34.6 Å². The maximum absolute atomic E-state index is 14.2. The monoisotopic (exact) mass is 572 g/mol. The lowest BCUT2D eigenvalue weighted by molar-refractivity contribution is -0.171. The Balaban J connectivity index is 1.40. The summed E-state index contributed by atoms with van der Waals surface area (Å²) in [5.41, 5.74) is 3.80. The van der Waals surface area contributed by atoms with Crippen molar-refractivity contribution in [1.29, 1.82) is 0 Å². The van der Waals surface area contributed by atoms with Crippen molar-refractivity contribution in [2.75, 3.05) is 13.2 Å². The molecule has 230 valence electrons. The Bertz CT molecular complexity index is 1030. The van der Waals surface area contributed by atoms with Crippen LogP contribution in [-0.4, -0.2) is 58.8 Å². The predicted molar refractivity (Wildman–Crippen MR) is 156 cm³/mol. The number of aliphatic hydroxyl groups excluding tert-OH is 1. The summed E-state index contributed by atoms with van der Waals surface area (Å²) >= 11 is 0. The topological polar surface area (TPSA) is 131 Å². The molecule has 0 aromatic carbocycles. The zero-order valence-corrected chi connectivity index (χ0v) is 25.3. The van der Waals surface area contributed by atoms with Crippen LogP contribution in [-0.2, 0) is 23.9 Å². The molecule has 2 aliphatic heterocycles. The van der Waals surface area contributed by atoms with Gasteiger partial charge in [0.05, 0.1) is 12.8 Å². The van der Waals surface area contributed by atoms with Crippen molar-refractivity contribution >= 4 is 17.5 Å². The number of allylic oxidation sites excluding steroid dienone is 1. The third kappa shape index (κ3) is 5.71. The third-order valence-electron chi connectivity index (χ3n) is 11.1. The number of carbonyl (C=O) groups is 3. The fraction of sp³-hybridized carbons (Fsp3) is 0.848. The summed E-state index contributed by atoms with van der Waals surface area (Å²) in [6.45, 7) is 4.82. The molecule has 8 heteroatoms. The Kier molecular flexibility index (Phi) is 9.44. The normalized spacial score (nSPS) is 36.8. The number of hydrogen-bond donors (Lipinski definition) is 3. The number of aliphatic hydroxyl groups is 1. The minimum Gasteiger partial charge on any atom is -0.457 e. The van der Waals surface area contributed by atoms with Crippen molar-refractivity contribution in [2.24, 2.45) is 23.5 Å². The van der Waals surface area contributed by atoms with Gasteiger partial charge >= 0.3 is 5.97 Å². The molecule has 41 heavy (non-hydrogen) atoms. The second kappa shape index (κ2) is 12.6. The van der Waals surface area contributed by atoms with Crippen LogP contribution in [0, 0.1) is 17.8 Å². The van der Waals surface area contributed by atoms with E-state index in [0.717, 1.165) is 102 Å². The zero-order chi connectivity index (χ0) is 29.3. The Morgan fingerprint density at radius 1 is 1.07 bits per heavy atom. The van der Waals surface area contributed by atoms with Gasteiger partial charge in [-0.3, -0.25) is 9.59 Å². The molecule has 0 aromatic rings. The number of epoxide rings is 1. The van der Waals surface area contributed by atoms with Crippen molar-refractivity contribution in [3.8, 4) is 0 Å². The second-order valence-electron chi connectivity index (χ2n) is 13.8. The molecule has 4 unspecified atom stereocenters. The van der Waals surface area contributed by atoms with Crippen molar-refractivity contribution in [3.05, 3.63) is 11.1 Å². The summed E-state index contributed by atoms with van der Waals surface area (Å²) in [6.07, 6.45) is 14.3. The van der Waals surface area contributed by atoms with Gasteiger partial charge in [0.15, 0.2) is 17.2 Å². The van der Waals surface area contributed by atoms with Gasteiger partial charge in [0, 0.05) is 18.3 Å². The van der Waals surface area contributed by atoms with Crippen molar-refractivity contribution < 1.29 is 29.0 Å². The van der Waals surface area contributed by atoms with Crippen LogP contribution < -0.4 is 11.1 Å². The molecule has 2 heterocycles. The Hall–Kier alpha value is -1.61. The van der Waals surface area contributed by atoms with E-state index in [4.69, 9.17) is 15.2 Å². The molecule has 0 amide bonds. The van der Waals surface area contributed by atoms with Crippen LogP contribution in [0.25, 0.3) is 0 Å². The van der Waals surface area contributed by atoms with E-state index in [-0.39, 0.29) is 30.8 Å². The Morgan fingerprint density at radius 2 is 1.78 bits per heavy atom. The number of ether oxygens (including phenoxy) is 2. The van der Waals surface area contributed by atoms with E-state index in [9.17, 15) is 19.5 Å². The molecule has 6 atom stereocenters. The number of nitrogens with two attached hydrogens (primary N) is 1. The molecule has 3 aliphatic carbocycles. The molecular formula is C33H52N2O6. The molecule has 5 fully saturated rings. The van der Waals surface area contributed by atoms with E-state index in [1.54, 1.807) is 0 Å². The van der Waals surface area contributed by atoms with Gasteiger partial charge in [0.1, 0.15) is 5.60 Å². The number of carbonyl (C=O) groups excluding carboxylic acids is 3. The van der Waals surface area contributed by atoms with E-state index in [0.29, 0.717) is 24.3 Å². The lowest BCUT2D eigenvalue weighted by Gasteiger charge is -2.38. The highest BCUT2D eigenvalue weighted by molar-refractivity contribution is 6.23. The van der Waals surface area contributed by atoms with Crippen LogP contribution in [0.2, 0.25) is 0 Å². The van der Waals surface area contributed by atoms with Crippen LogP contribution >= 0.6 is 0 Å². The fourth-order valence-corrected chi connectivity index (χ4v) is 8.51. The average molecular weight is 573 g/mol. The van der Waals surface area contributed by atoms with Gasteiger partial charge < -0.3 is 25.6 Å². The number of piperidine rings is 1. The number of fused-ring (bicyclic) bond motifs is 2. The van der Waals surface area contributed by atoms with Crippen molar-refractivity contribution in [2.45, 2.75) is 146 Å². The fourth-order valence-electron chi connectivity index (χ4n) is 8.51. The third-order valence-corrected chi connectivity index (χ3v) is 11.1. The predicted octanol–water partition coefficient (Wildman–Crippen LogP) is 4.65. The Labute approximate surface area is 245 Å². The van der Waals surface area contributed by atoms with Crippen LogP contribution in [0.1, 0.15) is 123 Å². The SMILES string of the molecule is CCCCCC1(OC(=O)[C@]23O[C@@]2(CC(CO)=C(C)CCC2CCNC(N)C2)C(=O)C2CCCCC2C3=O)CCCC1. The minimum absolute atomic E-state index is 0.0141. The maximum Gasteiger partial charge on any atom is 0.350 e.